The Kier molecular flexibility index (Phi) is 5.27. The van der Waals surface area contributed by atoms with Crippen LogP contribution in [-0.4, -0.2) is 23.1 Å². The average Bonchev–Trinajstić information content (AvgIpc) is 2.83. The third-order valence-corrected chi connectivity index (χ3v) is 4.99. The Morgan fingerprint density at radius 1 is 1.00 bits per heavy atom. The molecule has 2 aliphatic carbocycles. The molecule has 0 amide bonds. The molecule has 1 aromatic rings. The zero-order chi connectivity index (χ0) is 16.1. The standard InChI is InChI=1S/C20H25NO2/c22-19-12-16(15-8-4-3-5-9-15)13-20(23)18(19)14-21-17-10-6-1-2-7-11-17/h3-5,8-9,14,16-17,22H,1-2,6-7,10-13H2. The number of ketones is 1. The van der Waals surface area contributed by atoms with Crippen molar-refractivity contribution >= 4 is 12.0 Å². The molecule has 0 bridgehead atoms. The summed E-state index contributed by atoms with van der Waals surface area (Å²) in [6.07, 6.45) is 9.86. The quantitative estimate of drug-likeness (QED) is 0.647. The molecular formula is C20H25NO2. The first-order valence-corrected chi connectivity index (χ1v) is 8.77. The van der Waals surface area contributed by atoms with Crippen molar-refractivity contribution in [2.24, 2.45) is 4.99 Å². The first kappa shape index (κ1) is 16.0. The van der Waals surface area contributed by atoms with E-state index in [0.29, 0.717) is 24.5 Å². The number of Topliss-reactive ketones (excluding diaryl/α,β-unsaturated/α-hetero) is 1. The van der Waals surface area contributed by atoms with Crippen LogP contribution in [0.15, 0.2) is 46.7 Å². The average molecular weight is 311 g/mol. The van der Waals surface area contributed by atoms with Gasteiger partial charge >= 0.3 is 0 Å². The summed E-state index contributed by atoms with van der Waals surface area (Å²) in [5.41, 5.74) is 1.55. The Morgan fingerprint density at radius 2 is 1.70 bits per heavy atom. The molecule has 0 aromatic heterocycles. The van der Waals surface area contributed by atoms with Crippen molar-refractivity contribution in [2.45, 2.75) is 63.3 Å². The highest BCUT2D eigenvalue weighted by molar-refractivity contribution is 6.14. The first-order valence-electron chi connectivity index (χ1n) is 8.77. The van der Waals surface area contributed by atoms with E-state index in [0.717, 1.165) is 18.4 Å². The van der Waals surface area contributed by atoms with Gasteiger partial charge in [-0.15, -0.1) is 0 Å². The highest BCUT2D eigenvalue weighted by Gasteiger charge is 2.27. The van der Waals surface area contributed by atoms with Crippen LogP contribution in [0.1, 0.15) is 62.8 Å². The molecule has 1 N–H and O–H groups in total. The van der Waals surface area contributed by atoms with Crippen molar-refractivity contribution in [1.82, 2.24) is 0 Å². The number of aliphatic hydroxyl groups is 1. The number of benzene rings is 1. The maximum absolute atomic E-state index is 12.4. The van der Waals surface area contributed by atoms with E-state index in [-0.39, 0.29) is 17.5 Å². The molecule has 3 rings (SSSR count). The molecule has 1 fully saturated rings. The molecule has 23 heavy (non-hydrogen) atoms. The molecule has 122 valence electrons. The second-order valence-electron chi connectivity index (χ2n) is 6.72. The molecule has 1 unspecified atom stereocenters. The van der Waals surface area contributed by atoms with E-state index < -0.39 is 0 Å². The lowest BCUT2D eigenvalue weighted by atomic mass is 9.83. The van der Waals surface area contributed by atoms with Gasteiger partial charge in [0.1, 0.15) is 5.76 Å². The van der Waals surface area contributed by atoms with Crippen LogP contribution in [-0.2, 0) is 4.79 Å². The Labute approximate surface area is 138 Å². The molecule has 0 spiro atoms. The molecule has 3 heteroatoms. The lowest BCUT2D eigenvalue weighted by Gasteiger charge is -2.22. The number of aliphatic hydroxyl groups excluding tert-OH is 1. The predicted molar refractivity (Wildman–Crippen MR) is 93.1 cm³/mol. The summed E-state index contributed by atoms with van der Waals surface area (Å²) in [6, 6.07) is 10.3. The molecule has 1 atom stereocenters. The van der Waals surface area contributed by atoms with Crippen molar-refractivity contribution in [3.63, 3.8) is 0 Å². The van der Waals surface area contributed by atoms with Crippen LogP contribution in [0.25, 0.3) is 0 Å². The smallest absolute Gasteiger partial charge is 0.168 e. The highest BCUT2D eigenvalue weighted by atomic mass is 16.3. The van der Waals surface area contributed by atoms with E-state index in [9.17, 15) is 9.90 Å². The summed E-state index contributed by atoms with van der Waals surface area (Å²) in [7, 11) is 0. The fourth-order valence-corrected chi connectivity index (χ4v) is 3.60. The second kappa shape index (κ2) is 7.58. The monoisotopic (exact) mass is 311 g/mol. The summed E-state index contributed by atoms with van der Waals surface area (Å²) in [6.45, 7) is 0. The third-order valence-electron chi connectivity index (χ3n) is 4.99. The van der Waals surface area contributed by atoms with Gasteiger partial charge in [0.05, 0.1) is 5.57 Å². The minimum Gasteiger partial charge on any atom is -0.511 e. The van der Waals surface area contributed by atoms with Crippen LogP contribution in [0.3, 0.4) is 0 Å². The first-order chi connectivity index (χ1) is 11.2. The van der Waals surface area contributed by atoms with Crippen LogP contribution >= 0.6 is 0 Å². The molecule has 0 aliphatic heterocycles. The van der Waals surface area contributed by atoms with E-state index >= 15 is 0 Å². The number of carbonyl (C=O) groups excluding carboxylic acids is 1. The zero-order valence-electron chi connectivity index (χ0n) is 13.6. The SMILES string of the molecule is O=C1CC(c2ccccc2)CC(O)=C1C=NC1CCCCCC1. The third kappa shape index (κ3) is 4.10. The van der Waals surface area contributed by atoms with Gasteiger partial charge in [-0.05, 0) is 24.3 Å². The van der Waals surface area contributed by atoms with Crippen molar-refractivity contribution in [3.05, 3.63) is 47.2 Å². The van der Waals surface area contributed by atoms with Gasteiger partial charge < -0.3 is 5.11 Å². The summed E-state index contributed by atoms with van der Waals surface area (Å²) in [5, 5.41) is 10.3. The van der Waals surface area contributed by atoms with Crippen molar-refractivity contribution in [1.29, 1.82) is 0 Å². The van der Waals surface area contributed by atoms with Gasteiger partial charge in [-0.1, -0.05) is 56.0 Å². The lowest BCUT2D eigenvalue weighted by Crippen LogP contribution is -2.19. The van der Waals surface area contributed by atoms with Crippen LogP contribution in [0.4, 0.5) is 0 Å². The molecule has 1 aromatic carbocycles. The number of hydrogen-bond donors (Lipinski definition) is 1. The van der Waals surface area contributed by atoms with E-state index in [1.54, 1.807) is 6.21 Å². The fraction of sp³-hybridized carbons (Fsp3) is 0.500. The van der Waals surface area contributed by atoms with E-state index in [4.69, 9.17) is 0 Å². The highest BCUT2D eigenvalue weighted by Crippen LogP contribution is 2.33. The van der Waals surface area contributed by atoms with Crippen LogP contribution in [0.2, 0.25) is 0 Å². The van der Waals surface area contributed by atoms with Crippen molar-refractivity contribution in [2.75, 3.05) is 0 Å². The number of hydrogen-bond acceptors (Lipinski definition) is 3. The maximum atomic E-state index is 12.4. The maximum Gasteiger partial charge on any atom is 0.168 e. The molecule has 0 heterocycles. The molecular weight excluding hydrogens is 286 g/mol. The van der Waals surface area contributed by atoms with E-state index in [1.165, 1.54) is 25.7 Å². The fourth-order valence-electron chi connectivity index (χ4n) is 3.60. The number of allylic oxidation sites excluding steroid dienone is 2. The lowest BCUT2D eigenvalue weighted by molar-refractivity contribution is -0.116. The van der Waals surface area contributed by atoms with Gasteiger partial charge in [0, 0.05) is 25.1 Å². The number of aliphatic imine (C=N–C) groups is 1. The largest absolute Gasteiger partial charge is 0.511 e. The Balaban J connectivity index is 1.71. The van der Waals surface area contributed by atoms with Crippen molar-refractivity contribution in [3.8, 4) is 0 Å². The van der Waals surface area contributed by atoms with Gasteiger partial charge in [0.25, 0.3) is 0 Å². The number of nitrogens with zero attached hydrogens (tertiary/aromatic N) is 1. The van der Waals surface area contributed by atoms with Crippen LogP contribution < -0.4 is 0 Å². The molecule has 3 nitrogen and oxygen atoms in total. The summed E-state index contributed by atoms with van der Waals surface area (Å²) >= 11 is 0. The van der Waals surface area contributed by atoms with Gasteiger partial charge in [-0.2, -0.15) is 0 Å². The molecule has 2 aliphatic rings. The normalized spacial score (nSPS) is 24.2. The number of rotatable bonds is 3. The van der Waals surface area contributed by atoms with Gasteiger partial charge in [0.15, 0.2) is 5.78 Å². The summed E-state index contributed by atoms with van der Waals surface area (Å²) in [5.74, 6) is 0.297. The zero-order valence-corrected chi connectivity index (χ0v) is 13.6. The topological polar surface area (TPSA) is 49.7 Å². The second-order valence-corrected chi connectivity index (χ2v) is 6.72. The minimum absolute atomic E-state index is 0.0139. The predicted octanol–water partition coefficient (Wildman–Crippen LogP) is 4.74. The Morgan fingerprint density at radius 3 is 2.35 bits per heavy atom. The van der Waals surface area contributed by atoms with Crippen molar-refractivity contribution < 1.29 is 9.90 Å². The van der Waals surface area contributed by atoms with E-state index in [1.807, 2.05) is 30.3 Å². The molecule has 1 saturated carbocycles. The molecule has 0 radical (unpaired) electrons. The number of carbonyl (C=O) groups is 1. The Hall–Kier alpha value is -1.90. The Bertz CT molecular complexity index is 595. The van der Waals surface area contributed by atoms with Gasteiger partial charge in [0.2, 0.25) is 0 Å². The van der Waals surface area contributed by atoms with Gasteiger partial charge in [-0.3, -0.25) is 9.79 Å². The van der Waals surface area contributed by atoms with E-state index in [2.05, 4.69) is 4.99 Å². The molecule has 0 saturated heterocycles. The minimum atomic E-state index is 0.0139. The van der Waals surface area contributed by atoms with Gasteiger partial charge in [-0.25, -0.2) is 0 Å². The van der Waals surface area contributed by atoms with Crippen LogP contribution in [0.5, 0.6) is 0 Å². The summed E-state index contributed by atoms with van der Waals surface area (Å²) < 4.78 is 0. The summed E-state index contributed by atoms with van der Waals surface area (Å²) in [4.78, 5) is 17.0. The van der Waals surface area contributed by atoms with Crippen LogP contribution in [0, 0.1) is 0 Å².